The van der Waals surface area contributed by atoms with Crippen molar-refractivity contribution in [3.8, 4) is 5.75 Å². The van der Waals surface area contributed by atoms with Crippen LogP contribution in [0.5, 0.6) is 5.75 Å². The number of rotatable bonds is 12. The van der Waals surface area contributed by atoms with Gasteiger partial charge < -0.3 is 25.1 Å². The van der Waals surface area contributed by atoms with E-state index in [0.29, 0.717) is 25.0 Å². The lowest BCUT2D eigenvalue weighted by molar-refractivity contribution is -0.126. The first kappa shape index (κ1) is 25.9. The Bertz CT molecular complexity index is 1200. The SMILES string of the molecule is COc1ccc2[nH]c(C)c(CC(=O)N[C@@H](CCCCCC(C)=O)C(=O)Nc3ccccc3F)c2c1. The van der Waals surface area contributed by atoms with E-state index < -0.39 is 17.8 Å². The van der Waals surface area contributed by atoms with Crippen molar-refractivity contribution in [3.05, 3.63) is 59.5 Å². The van der Waals surface area contributed by atoms with Crippen LogP contribution in [0.2, 0.25) is 0 Å². The lowest BCUT2D eigenvalue weighted by atomic mass is 10.0. The molecule has 0 aliphatic heterocycles. The topological polar surface area (TPSA) is 100 Å². The van der Waals surface area contributed by atoms with Crippen molar-refractivity contribution in [2.45, 2.75) is 58.4 Å². The zero-order valence-corrected chi connectivity index (χ0v) is 20.4. The molecule has 8 heteroatoms. The number of carbonyl (C=O) groups is 3. The number of fused-ring (bicyclic) bond motifs is 1. The normalized spacial score (nSPS) is 11.8. The summed E-state index contributed by atoms with van der Waals surface area (Å²) < 4.78 is 19.4. The lowest BCUT2D eigenvalue weighted by Gasteiger charge is -2.19. The number of benzene rings is 2. The Kier molecular flexibility index (Phi) is 9.00. The molecule has 0 radical (unpaired) electrons. The third-order valence-electron chi connectivity index (χ3n) is 5.97. The van der Waals surface area contributed by atoms with Gasteiger partial charge in [0.05, 0.1) is 19.2 Å². The van der Waals surface area contributed by atoms with Gasteiger partial charge in [0.15, 0.2) is 0 Å². The summed E-state index contributed by atoms with van der Waals surface area (Å²) in [5.74, 6) is -0.527. The van der Waals surface area contributed by atoms with Crippen molar-refractivity contribution < 1.29 is 23.5 Å². The van der Waals surface area contributed by atoms with Gasteiger partial charge in [-0.15, -0.1) is 0 Å². The monoisotopic (exact) mass is 481 g/mol. The molecule has 7 nitrogen and oxygen atoms in total. The highest BCUT2D eigenvalue weighted by Crippen LogP contribution is 2.27. The number of hydrogen-bond acceptors (Lipinski definition) is 4. The first-order chi connectivity index (χ1) is 16.8. The maximum absolute atomic E-state index is 14.1. The van der Waals surface area contributed by atoms with Crippen molar-refractivity contribution in [3.63, 3.8) is 0 Å². The van der Waals surface area contributed by atoms with E-state index in [2.05, 4.69) is 15.6 Å². The molecule has 1 aromatic heterocycles. The number of halogens is 1. The molecular formula is C27H32FN3O4. The van der Waals surface area contributed by atoms with E-state index in [0.717, 1.165) is 35.0 Å². The summed E-state index contributed by atoms with van der Waals surface area (Å²) >= 11 is 0. The van der Waals surface area contributed by atoms with E-state index in [1.54, 1.807) is 20.1 Å². The number of unbranched alkanes of at least 4 members (excludes halogenated alkanes) is 2. The summed E-state index contributed by atoms with van der Waals surface area (Å²) in [5, 5.41) is 6.30. The number of amides is 2. The molecule has 186 valence electrons. The minimum Gasteiger partial charge on any atom is -0.497 e. The van der Waals surface area contributed by atoms with Gasteiger partial charge in [-0.1, -0.05) is 25.0 Å². The average Bonchev–Trinajstić information content (AvgIpc) is 3.13. The van der Waals surface area contributed by atoms with Crippen LogP contribution in [-0.4, -0.2) is 35.7 Å². The Labute approximate surface area is 204 Å². The summed E-state index contributed by atoms with van der Waals surface area (Å²) in [7, 11) is 1.59. The third-order valence-corrected chi connectivity index (χ3v) is 5.97. The van der Waals surface area contributed by atoms with Crippen molar-refractivity contribution in [2.75, 3.05) is 12.4 Å². The second kappa shape index (κ2) is 12.1. The van der Waals surface area contributed by atoms with Gasteiger partial charge in [-0.3, -0.25) is 9.59 Å². The predicted octanol–water partition coefficient (Wildman–Crippen LogP) is 4.83. The van der Waals surface area contributed by atoms with Crippen LogP contribution in [0.25, 0.3) is 10.9 Å². The van der Waals surface area contributed by atoms with Crippen LogP contribution < -0.4 is 15.4 Å². The molecule has 0 bridgehead atoms. The number of aromatic amines is 1. The molecule has 0 saturated heterocycles. The molecule has 3 aromatic rings. The third kappa shape index (κ3) is 7.15. The number of methoxy groups -OCH3 is 1. The van der Waals surface area contributed by atoms with Crippen LogP contribution >= 0.6 is 0 Å². The van der Waals surface area contributed by atoms with Crippen LogP contribution in [0.3, 0.4) is 0 Å². The molecule has 2 aromatic carbocycles. The van der Waals surface area contributed by atoms with Crippen LogP contribution in [0.15, 0.2) is 42.5 Å². The largest absolute Gasteiger partial charge is 0.497 e. The molecule has 0 spiro atoms. The summed E-state index contributed by atoms with van der Waals surface area (Å²) in [5.41, 5.74) is 2.64. The van der Waals surface area contributed by atoms with E-state index in [4.69, 9.17) is 4.74 Å². The molecule has 0 aliphatic carbocycles. The van der Waals surface area contributed by atoms with Gasteiger partial charge in [0, 0.05) is 23.0 Å². The molecule has 3 rings (SSSR count). The molecule has 0 unspecified atom stereocenters. The highest BCUT2D eigenvalue weighted by atomic mass is 19.1. The van der Waals surface area contributed by atoms with Crippen LogP contribution in [0.1, 0.15) is 50.3 Å². The van der Waals surface area contributed by atoms with Gasteiger partial charge >= 0.3 is 0 Å². The first-order valence-electron chi connectivity index (χ1n) is 11.8. The Morgan fingerprint density at radius 2 is 1.86 bits per heavy atom. The van der Waals surface area contributed by atoms with Gasteiger partial charge in [0.25, 0.3) is 0 Å². The van der Waals surface area contributed by atoms with Gasteiger partial charge in [-0.25, -0.2) is 4.39 Å². The van der Waals surface area contributed by atoms with Gasteiger partial charge in [0.2, 0.25) is 11.8 Å². The predicted molar refractivity (Wildman–Crippen MR) is 134 cm³/mol. The molecule has 1 heterocycles. The fourth-order valence-electron chi connectivity index (χ4n) is 4.07. The fourth-order valence-corrected chi connectivity index (χ4v) is 4.07. The Hall–Kier alpha value is -3.68. The Morgan fingerprint density at radius 1 is 1.09 bits per heavy atom. The van der Waals surface area contributed by atoms with E-state index in [-0.39, 0.29) is 23.8 Å². The number of nitrogens with one attached hydrogen (secondary N) is 3. The summed E-state index contributed by atoms with van der Waals surface area (Å²) in [4.78, 5) is 40.4. The molecule has 2 amide bonds. The molecule has 35 heavy (non-hydrogen) atoms. The van der Waals surface area contributed by atoms with E-state index in [9.17, 15) is 18.8 Å². The number of para-hydroxylation sites is 1. The Morgan fingerprint density at radius 3 is 2.57 bits per heavy atom. The maximum atomic E-state index is 14.1. The number of ketones is 1. The summed E-state index contributed by atoms with van der Waals surface area (Å²) in [6, 6.07) is 10.7. The number of aromatic nitrogens is 1. The van der Waals surface area contributed by atoms with Crippen LogP contribution in [0.4, 0.5) is 10.1 Å². The standard InChI is InChI=1S/C27H32FN3O4/c1-17(32)9-5-4-6-12-25(27(34)31-24-11-8-7-10-22(24)28)30-26(33)16-20-18(2)29-23-14-13-19(35-3)15-21(20)23/h7-8,10-11,13-15,25,29H,4-6,9,12,16H2,1-3H3,(H,30,33)(H,31,34)/t25-/m0/s1. The molecule has 0 fully saturated rings. The van der Waals surface area contributed by atoms with Crippen molar-refractivity contribution in [1.29, 1.82) is 0 Å². The molecule has 3 N–H and O–H groups in total. The second-order valence-electron chi connectivity index (χ2n) is 8.71. The van der Waals surface area contributed by atoms with Crippen molar-refractivity contribution in [1.82, 2.24) is 10.3 Å². The molecule has 1 atom stereocenters. The number of ether oxygens (including phenoxy) is 1. The second-order valence-corrected chi connectivity index (χ2v) is 8.71. The lowest BCUT2D eigenvalue weighted by Crippen LogP contribution is -2.44. The smallest absolute Gasteiger partial charge is 0.247 e. The highest BCUT2D eigenvalue weighted by molar-refractivity contribution is 5.98. The minimum atomic E-state index is -0.834. The number of carbonyl (C=O) groups excluding carboxylic acids is 3. The number of aryl methyl sites for hydroxylation is 1. The molecule has 0 aliphatic rings. The molecule has 0 saturated carbocycles. The van der Waals surface area contributed by atoms with Gasteiger partial charge in [-0.2, -0.15) is 0 Å². The average molecular weight is 482 g/mol. The highest BCUT2D eigenvalue weighted by Gasteiger charge is 2.23. The zero-order chi connectivity index (χ0) is 25.4. The maximum Gasteiger partial charge on any atom is 0.247 e. The van der Waals surface area contributed by atoms with Gasteiger partial charge in [0.1, 0.15) is 23.4 Å². The van der Waals surface area contributed by atoms with Crippen molar-refractivity contribution in [2.24, 2.45) is 0 Å². The van der Waals surface area contributed by atoms with Gasteiger partial charge in [-0.05, 0) is 62.6 Å². The van der Waals surface area contributed by atoms with Crippen LogP contribution in [0, 0.1) is 12.7 Å². The first-order valence-corrected chi connectivity index (χ1v) is 11.8. The number of hydrogen-bond donors (Lipinski definition) is 3. The summed E-state index contributed by atoms with van der Waals surface area (Å²) in [6.07, 6.45) is 3.06. The number of H-pyrrole nitrogens is 1. The minimum absolute atomic E-state index is 0.0629. The number of Topliss-reactive ketones (excluding diaryl/α,β-unsaturated/α-hetero) is 1. The van der Waals surface area contributed by atoms with E-state index in [1.165, 1.54) is 18.2 Å². The zero-order valence-electron chi connectivity index (χ0n) is 20.4. The quantitative estimate of drug-likeness (QED) is 0.323. The molecular weight excluding hydrogens is 449 g/mol. The Balaban J connectivity index is 1.72. The van der Waals surface area contributed by atoms with E-state index in [1.807, 2.05) is 25.1 Å². The summed E-state index contributed by atoms with van der Waals surface area (Å²) in [6.45, 7) is 3.44. The fraction of sp³-hybridized carbons (Fsp3) is 0.370. The van der Waals surface area contributed by atoms with E-state index >= 15 is 0 Å². The van der Waals surface area contributed by atoms with Crippen molar-refractivity contribution >= 4 is 34.2 Å². The van der Waals surface area contributed by atoms with Crippen LogP contribution in [-0.2, 0) is 20.8 Å². The number of anilines is 1.